The van der Waals surface area contributed by atoms with Crippen LogP contribution in [0.25, 0.3) is 0 Å². The molecule has 0 radical (unpaired) electrons. The quantitative estimate of drug-likeness (QED) is 0.487. The third-order valence-electron chi connectivity index (χ3n) is 0. The second-order valence-electron chi connectivity index (χ2n) is 0.268. The van der Waals surface area contributed by atoms with Crippen molar-refractivity contribution >= 4 is 45.8 Å². The minimum Gasteiger partial charge on any atom is -0.328 e. The maximum atomic E-state index is 7.23. The van der Waals surface area contributed by atoms with E-state index in [0.29, 0.717) is 0 Å². The zero-order valence-electron chi connectivity index (χ0n) is 3.01. The molecule has 7 heavy (non-hydrogen) atoms. The molecule has 0 saturated carbocycles. The topological polar surface area (TPSA) is 60.7 Å². The van der Waals surface area contributed by atoms with E-state index in [-0.39, 0.29) is 37.2 Å². The summed E-state index contributed by atoms with van der Waals surface area (Å²) in [5, 5.41) is 0. The lowest BCUT2D eigenvalue weighted by Crippen LogP contribution is -1.54. The van der Waals surface area contributed by atoms with Gasteiger partial charge in [0.15, 0.2) is 0 Å². The van der Waals surface area contributed by atoms with Crippen LogP contribution < -0.4 is 0 Å². The van der Waals surface area contributed by atoms with Gasteiger partial charge in [0.2, 0.25) is 0 Å². The summed E-state index contributed by atoms with van der Waals surface area (Å²) >= 11 is 0. The Hall–Kier alpha value is 1.18. The van der Waals surface area contributed by atoms with Crippen LogP contribution in [0, 0.1) is 0 Å². The van der Waals surface area contributed by atoms with E-state index in [9.17, 15) is 0 Å². The second kappa shape index (κ2) is 15.7. The molecule has 0 aliphatic carbocycles. The Bertz CT molecular complexity index is 14.9. The predicted molar refractivity (Wildman–Crippen MR) is 35.3 cm³/mol. The van der Waals surface area contributed by atoms with Crippen LogP contribution in [0.4, 0.5) is 0 Å². The fourth-order valence-electron chi connectivity index (χ4n) is 0. The third kappa shape index (κ3) is 138. The molecule has 0 unspecified atom stereocenters. The lowest BCUT2D eigenvalue weighted by atomic mass is 15.8. The van der Waals surface area contributed by atoms with Gasteiger partial charge < -0.3 is 14.7 Å². The number of halogens is 3. The fourth-order valence-corrected chi connectivity index (χ4v) is 0. The van der Waals surface area contributed by atoms with Crippen LogP contribution in [0.2, 0.25) is 0 Å². The van der Waals surface area contributed by atoms with E-state index in [0.717, 1.165) is 0 Å². The summed E-state index contributed by atoms with van der Waals surface area (Å²) in [4.78, 5) is 21.7. The van der Waals surface area contributed by atoms with E-state index in [1.54, 1.807) is 0 Å². The molecule has 0 amide bonds. The van der Waals surface area contributed by atoms with Crippen molar-refractivity contribution in [3.8, 4) is 0 Å². The van der Waals surface area contributed by atoms with Gasteiger partial charge in [-0.25, -0.2) is 0 Å². The summed E-state index contributed by atoms with van der Waals surface area (Å²) in [7, 11) is -2.62. The third-order valence-corrected chi connectivity index (χ3v) is 0. The van der Waals surface area contributed by atoms with Crippen LogP contribution in [-0.4, -0.2) is 14.7 Å². The van der Waals surface area contributed by atoms with Crippen molar-refractivity contribution in [1.82, 2.24) is 0 Å². The smallest absolute Gasteiger partial charge is 0.324 e. The molecular formula is H6Cl3O3P. The molecule has 3 N–H and O–H groups in total. The molecule has 0 atom stereocenters. The molecule has 0 bridgehead atoms. The molecule has 0 aliphatic heterocycles. The molecule has 50 valence electrons. The molecule has 0 fully saturated rings. The van der Waals surface area contributed by atoms with Crippen molar-refractivity contribution in [2.24, 2.45) is 0 Å². The largest absolute Gasteiger partial charge is 0.328 e. The van der Waals surface area contributed by atoms with E-state index in [1.165, 1.54) is 0 Å². The zero-order valence-corrected chi connectivity index (χ0v) is 6.36. The summed E-state index contributed by atoms with van der Waals surface area (Å²) in [6.45, 7) is 0. The zero-order chi connectivity index (χ0) is 3.58. The van der Waals surface area contributed by atoms with Crippen LogP contribution in [0.5, 0.6) is 0 Å². The minimum atomic E-state index is -2.62. The van der Waals surface area contributed by atoms with E-state index < -0.39 is 8.60 Å². The van der Waals surface area contributed by atoms with Gasteiger partial charge >= 0.3 is 8.60 Å². The van der Waals surface area contributed by atoms with Crippen LogP contribution in [0.1, 0.15) is 0 Å². The van der Waals surface area contributed by atoms with Crippen molar-refractivity contribution in [2.45, 2.75) is 0 Å². The number of hydrogen-bond acceptors (Lipinski definition) is 3. The van der Waals surface area contributed by atoms with E-state index in [2.05, 4.69) is 0 Å². The Balaban J connectivity index is -0.0000000150. The van der Waals surface area contributed by atoms with E-state index in [1.807, 2.05) is 0 Å². The molecular weight excluding hydrogens is 185 g/mol. The molecule has 0 aromatic heterocycles. The number of hydrogen-bond donors (Lipinski definition) is 3. The molecule has 0 aliphatic rings. The van der Waals surface area contributed by atoms with Gasteiger partial charge in [-0.2, -0.15) is 0 Å². The maximum Gasteiger partial charge on any atom is 0.324 e. The summed E-state index contributed by atoms with van der Waals surface area (Å²) in [5.41, 5.74) is 0. The van der Waals surface area contributed by atoms with Gasteiger partial charge in [0.1, 0.15) is 0 Å². The molecule has 0 saturated heterocycles. The molecule has 0 heterocycles. The highest BCUT2D eigenvalue weighted by molar-refractivity contribution is 7.38. The Kier molecular flexibility index (Phi) is 54.1. The maximum absolute atomic E-state index is 7.23. The summed E-state index contributed by atoms with van der Waals surface area (Å²) in [5.74, 6) is 0. The van der Waals surface area contributed by atoms with Gasteiger partial charge in [0.05, 0.1) is 0 Å². The molecule has 3 nitrogen and oxygen atoms in total. The van der Waals surface area contributed by atoms with Crippen molar-refractivity contribution in [1.29, 1.82) is 0 Å². The fraction of sp³-hybridized carbons (Fsp3) is 0. The highest BCUT2D eigenvalue weighted by Gasteiger charge is 1.76. The summed E-state index contributed by atoms with van der Waals surface area (Å²) in [6.07, 6.45) is 0. The van der Waals surface area contributed by atoms with E-state index >= 15 is 0 Å². The normalized spacial score (nSPS) is 5.14. The Labute approximate surface area is 61.0 Å². The Morgan fingerprint density at radius 2 is 0.714 bits per heavy atom. The number of rotatable bonds is 0. The van der Waals surface area contributed by atoms with Gasteiger partial charge in [0.25, 0.3) is 0 Å². The van der Waals surface area contributed by atoms with Crippen molar-refractivity contribution in [3.05, 3.63) is 0 Å². The van der Waals surface area contributed by atoms with Gasteiger partial charge in [-0.1, -0.05) is 0 Å². The van der Waals surface area contributed by atoms with Crippen molar-refractivity contribution < 1.29 is 14.7 Å². The average molecular weight is 191 g/mol. The summed E-state index contributed by atoms with van der Waals surface area (Å²) in [6, 6.07) is 0. The monoisotopic (exact) mass is 190 g/mol. The van der Waals surface area contributed by atoms with Gasteiger partial charge in [0, 0.05) is 0 Å². The SMILES string of the molecule is Cl.Cl.Cl.OP(O)O. The highest BCUT2D eigenvalue weighted by atomic mass is 35.5. The highest BCUT2D eigenvalue weighted by Crippen LogP contribution is 2.11. The van der Waals surface area contributed by atoms with Gasteiger partial charge in [-0.15, -0.1) is 37.2 Å². The van der Waals surface area contributed by atoms with Crippen LogP contribution in [0.3, 0.4) is 0 Å². The van der Waals surface area contributed by atoms with Crippen LogP contribution in [-0.2, 0) is 0 Å². The predicted octanol–water partition coefficient (Wildman–Crippen LogP) is 0.456. The van der Waals surface area contributed by atoms with Crippen molar-refractivity contribution in [3.63, 3.8) is 0 Å². The Morgan fingerprint density at radius 1 is 0.714 bits per heavy atom. The molecule has 7 heteroatoms. The lowest BCUT2D eigenvalue weighted by molar-refractivity contribution is 0.368. The molecule has 0 aromatic carbocycles. The molecule has 0 aromatic rings. The minimum absolute atomic E-state index is 0. The van der Waals surface area contributed by atoms with Crippen molar-refractivity contribution in [2.75, 3.05) is 0 Å². The molecule has 0 rings (SSSR count). The first-order chi connectivity index (χ1) is 1.73. The Morgan fingerprint density at radius 3 is 0.714 bits per heavy atom. The molecule has 0 spiro atoms. The van der Waals surface area contributed by atoms with Gasteiger partial charge in [-0.3, -0.25) is 0 Å². The van der Waals surface area contributed by atoms with E-state index in [4.69, 9.17) is 14.7 Å². The first kappa shape index (κ1) is 24.1. The van der Waals surface area contributed by atoms with Crippen LogP contribution in [0.15, 0.2) is 0 Å². The van der Waals surface area contributed by atoms with Gasteiger partial charge in [-0.05, 0) is 0 Å². The average Bonchev–Trinajstić information content (AvgIpc) is 0.811. The lowest BCUT2D eigenvalue weighted by Gasteiger charge is -1.76. The summed E-state index contributed by atoms with van der Waals surface area (Å²) < 4.78 is 0. The standard InChI is InChI=1S/3ClH.H3O3P/c;;;1-4(2)3/h3*1H;1-3H. The second-order valence-corrected chi connectivity index (χ2v) is 0.805. The first-order valence-corrected chi connectivity index (χ1v) is 1.80. The van der Waals surface area contributed by atoms with Crippen LogP contribution >= 0.6 is 45.8 Å². The first-order valence-electron chi connectivity index (χ1n) is 0.600.